The Morgan fingerprint density at radius 2 is 1.67 bits per heavy atom. The van der Waals surface area contributed by atoms with Crippen LogP contribution in [0.3, 0.4) is 0 Å². The molecule has 0 aromatic carbocycles. The monoisotopic (exact) mass is 252 g/mol. The van der Waals surface area contributed by atoms with E-state index in [-0.39, 0.29) is 0 Å². The van der Waals surface area contributed by atoms with Gasteiger partial charge in [0.2, 0.25) is 17.8 Å². The molecule has 18 heavy (non-hydrogen) atoms. The molecule has 1 aromatic rings. The number of hydrogen-bond donors (Lipinski definition) is 2. The van der Waals surface area contributed by atoms with Crippen LogP contribution in [0.4, 0.5) is 17.8 Å². The molecule has 6 nitrogen and oxygen atoms in total. The first-order valence-corrected chi connectivity index (χ1v) is 6.44. The lowest BCUT2D eigenvalue weighted by Crippen LogP contribution is -2.18. The minimum atomic E-state index is 0.552. The van der Waals surface area contributed by atoms with Gasteiger partial charge in [0.25, 0.3) is 0 Å². The molecule has 0 saturated carbocycles. The number of nitrogens with zero attached hydrogens (tertiary/aromatic N) is 4. The van der Waals surface area contributed by atoms with Crippen molar-refractivity contribution in [3.05, 3.63) is 0 Å². The molecule has 0 radical (unpaired) electrons. The van der Waals surface area contributed by atoms with E-state index in [4.69, 9.17) is 0 Å². The topological polar surface area (TPSA) is 66.0 Å². The highest BCUT2D eigenvalue weighted by atomic mass is 15.3. The number of hydrogen-bond acceptors (Lipinski definition) is 6. The first kappa shape index (κ1) is 14.5. The van der Waals surface area contributed by atoms with Crippen molar-refractivity contribution in [2.45, 2.75) is 27.2 Å². The van der Waals surface area contributed by atoms with Crippen LogP contribution < -0.4 is 15.5 Å². The highest BCUT2D eigenvalue weighted by molar-refractivity contribution is 5.42. The normalized spacial score (nSPS) is 10.6. The van der Waals surface area contributed by atoms with Gasteiger partial charge in [-0.3, -0.25) is 0 Å². The molecular weight excluding hydrogens is 228 g/mol. The Balaban J connectivity index is 2.83. The van der Waals surface area contributed by atoms with E-state index in [9.17, 15) is 0 Å². The third-order valence-corrected chi connectivity index (χ3v) is 2.23. The molecule has 1 rings (SSSR count). The summed E-state index contributed by atoms with van der Waals surface area (Å²) >= 11 is 0. The van der Waals surface area contributed by atoms with Gasteiger partial charge < -0.3 is 15.5 Å². The van der Waals surface area contributed by atoms with Gasteiger partial charge in [-0.1, -0.05) is 20.8 Å². The van der Waals surface area contributed by atoms with Gasteiger partial charge in [-0.25, -0.2) is 0 Å². The average molecular weight is 252 g/mol. The van der Waals surface area contributed by atoms with E-state index in [1.54, 1.807) is 0 Å². The Bertz CT molecular complexity index is 364. The summed E-state index contributed by atoms with van der Waals surface area (Å²) in [6, 6.07) is 0. The van der Waals surface area contributed by atoms with E-state index < -0.39 is 0 Å². The zero-order valence-corrected chi connectivity index (χ0v) is 12.0. The molecule has 6 heteroatoms. The van der Waals surface area contributed by atoms with Crippen LogP contribution in [0.25, 0.3) is 0 Å². The maximum Gasteiger partial charge on any atom is 0.231 e. The number of nitrogens with one attached hydrogen (secondary N) is 2. The standard InChI is InChI=1S/C12H24N6/c1-6-7-13-10-15-11(14-8-9(2)3)17-12(16-10)18(4)5/h9H,6-8H2,1-5H3,(H2,13,14,15,16,17). The summed E-state index contributed by atoms with van der Waals surface area (Å²) in [5, 5.41) is 6.42. The van der Waals surface area contributed by atoms with Gasteiger partial charge in [-0.15, -0.1) is 0 Å². The number of aromatic nitrogens is 3. The molecule has 0 saturated heterocycles. The highest BCUT2D eigenvalue weighted by Gasteiger charge is 2.07. The lowest BCUT2D eigenvalue weighted by atomic mass is 10.2. The Labute approximate surface area is 109 Å². The van der Waals surface area contributed by atoms with Gasteiger partial charge >= 0.3 is 0 Å². The Kier molecular flexibility index (Phi) is 5.61. The fourth-order valence-electron chi connectivity index (χ4n) is 1.26. The predicted molar refractivity (Wildman–Crippen MR) is 76.3 cm³/mol. The van der Waals surface area contributed by atoms with E-state index in [0.717, 1.165) is 19.5 Å². The van der Waals surface area contributed by atoms with E-state index in [2.05, 4.69) is 46.4 Å². The highest BCUT2D eigenvalue weighted by Crippen LogP contribution is 2.11. The van der Waals surface area contributed by atoms with E-state index >= 15 is 0 Å². The summed E-state index contributed by atoms with van der Waals surface area (Å²) in [6.45, 7) is 8.12. The largest absolute Gasteiger partial charge is 0.354 e. The summed E-state index contributed by atoms with van der Waals surface area (Å²) < 4.78 is 0. The lowest BCUT2D eigenvalue weighted by molar-refractivity contribution is 0.684. The third kappa shape index (κ3) is 4.73. The molecule has 2 N–H and O–H groups in total. The van der Waals surface area contributed by atoms with E-state index in [0.29, 0.717) is 23.8 Å². The van der Waals surface area contributed by atoms with Crippen molar-refractivity contribution in [1.82, 2.24) is 15.0 Å². The lowest BCUT2D eigenvalue weighted by Gasteiger charge is -2.14. The molecule has 0 bridgehead atoms. The van der Waals surface area contributed by atoms with Gasteiger partial charge in [0.15, 0.2) is 0 Å². The van der Waals surface area contributed by atoms with Gasteiger partial charge in [0.1, 0.15) is 0 Å². The number of rotatable bonds is 7. The van der Waals surface area contributed by atoms with E-state index in [1.165, 1.54) is 0 Å². The maximum absolute atomic E-state index is 4.37. The van der Waals surface area contributed by atoms with Crippen molar-refractivity contribution in [3.63, 3.8) is 0 Å². The second kappa shape index (κ2) is 6.98. The van der Waals surface area contributed by atoms with Crippen LogP contribution in [0.15, 0.2) is 0 Å². The Morgan fingerprint density at radius 1 is 1.06 bits per heavy atom. The molecular formula is C12H24N6. The minimum absolute atomic E-state index is 0.552. The second-order valence-electron chi connectivity index (χ2n) is 4.88. The van der Waals surface area contributed by atoms with Crippen LogP contribution >= 0.6 is 0 Å². The molecule has 0 atom stereocenters. The quantitative estimate of drug-likeness (QED) is 0.772. The van der Waals surface area contributed by atoms with Crippen LogP contribution in [0, 0.1) is 5.92 Å². The minimum Gasteiger partial charge on any atom is -0.354 e. The first-order chi connectivity index (χ1) is 8.52. The predicted octanol–water partition coefficient (Wildman–Crippen LogP) is 1.83. The summed E-state index contributed by atoms with van der Waals surface area (Å²) in [5.41, 5.74) is 0. The molecule has 1 heterocycles. The van der Waals surface area contributed by atoms with Crippen molar-refractivity contribution in [1.29, 1.82) is 0 Å². The fourth-order valence-corrected chi connectivity index (χ4v) is 1.26. The van der Waals surface area contributed by atoms with E-state index in [1.807, 2.05) is 19.0 Å². The van der Waals surface area contributed by atoms with Gasteiger partial charge in [0.05, 0.1) is 0 Å². The fraction of sp³-hybridized carbons (Fsp3) is 0.750. The van der Waals surface area contributed by atoms with Crippen molar-refractivity contribution >= 4 is 17.8 Å². The molecule has 0 fully saturated rings. The average Bonchev–Trinajstić information content (AvgIpc) is 2.33. The molecule has 0 aliphatic rings. The van der Waals surface area contributed by atoms with Crippen LogP contribution in [0.5, 0.6) is 0 Å². The summed E-state index contributed by atoms with van der Waals surface area (Å²) in [4.78, 5) is 14.9. The van der Waals surface area contributed by atoms with Crippen LogP contribution in [-0.2, 0) is 0 Å². The van der Waals surface area contributed by atoms with Crippen molar-refractivity contribution in [2.24, 2.45) is 5.92 Å². The molecule has 1 aromatic heterocycles. The van der Waals surface area contributed by atoms with Crippen molar-refractivity contribution in [2.75, 3.05) is 42.7 Å². The summed E-state index contributed by atoms with van der Waals surface area (Å²) in [5.74, 6) is 2.47. The third-order valence-electron chi connectivity index (χ3n) is 2.23. The number of anilines is 3. The molecule has 0 unspecified atom stereocenters. The zero-order chi connectivity index (χ0) is 13.5. The smallest absolute Gasteiger partial charge is 0.231 e. The summed E-state index contributed by atoms with van der Waals surface area (Å²) in [6.07, 6.45) is 1.04. The Hall–Kier alpha value is -1.59. The van der Waals surface area contributed by atoms with Crippen molar-refractivity contribution < 1.29 is 0 Å². The second-order valence-corrected chi connectivity index (χ2v) is 4.88. The zero-order valence-electron chi connectivity index (χ0n) is 12.0. The molecule has 0 aliphatic heterocycles. The van der Waals surface area contributed by atoms with Crippen LogP contribution in [0.1, 0.15) is 27.2 Å². The molecule has 0 amide bonds. The maximum atomic E-state index is 4.37. The van der Waals surface area contributed by atoms with Crippen molar-refractivity contribution in [3.8, 4) is 0 Å². The van der Waals surface area contributed by atoms with Gasteiger partial charge in [-0.05, 0) is 12.3 Å². The SMILES string of the molecule is CCCNc1nc(NCC(C)C)nc(N(C)C)n1. The molecule has 102 valence electrons. The molecule has 0 aliphatic carbocycles. The van der Waals surface area contributed by atoms with Gasteiger partial charge in [0, 0.05) is 27.2 Å². The first-order valence-electron chi connectivity index (χ1n) is 6.44. The Morgan fingerprint density at radius 3 is 2.17 bits per heavy atom. The molecule has 0 spiro atoms. The van der Waals surface area contributed by atoms with Gasteiger partial charge in [-0.2, -0.15) is 15.0 Å². The summed E-state index contributed by atoms with van der Waals surface area (Å²) in [7, 11) is 3.84. The van der Waals surface area contributed by atoms with Crippen LogP contribution in [-0.4, -0.2) is 42.1 Å². The van der Waals surface area contributed by atoms with Crippen LogP contribution in [0.2, 0.25) is 0 Å².